The molecule has 152 valence electrons. The first-order chi connectivity index (χ1) is 14.1. The second-order valence-corrected chi connectivity index (χ2v) is 7.01. The van der Waals surface area contributed by atoms with Crippen molar-refractivity contribution in [1.29, 1.82) is 0 Å². The summed E-state index contributed by atoms with van der Waals surface area (Å²) in [5.41, 5.74) is 2.87. The van der Waals surface area contributed by atoms with Crippen molar-refractivity contribution in [2.75, 3.05) is 33.0 Å². The number of carbonyl (C=O) groups excluding carboxylic acids is 2. The van der Waals surface area contributed by atoms with Crippen molar-refractivity contribution >= 4 is 11.9 Å². The Bertz CT molecular complexity index is 908. The van der Waals surface area contributed by atoms with Gasteiger partial charge in [0.25, 0.3) is 0 Å². The van der Waals surface area contributed by atoms with E-state index in [1.54, 1.807) is 37.4 Å². The zero-order chi connectivity index (χ0) is 20.2. The molecule has 2 aromatic heterocycles. The SMILES string of the molecule is CCOC(=O)c1cc(COC(=O)c2ccnc(C3COC3)c2)nc(C2COC2)c1. The third kappa shape index (κ3) is 4.44. The highest BCUT2D eigenvalue weighted by molar-refractivity contribution is 5.90. The lowest BCUT2D eigenvalue weighted by atomic mass is 10.0. The van der Waals surface area contributed by atoms with Crippen LogP contribution in [0.2, 0.25) is 0 Å². The molecule has 4 rings (SSSR count). The van der Waals surface area contributed by atoms with Crippen LogP contribution in [0.25, 0.3) is 0 Å². The predicted octanol–water partition coefficient (Wildman–Crippen LogP) is 2.24. The third-order valence-corrected chi connectivity index (χ3v) is 4.89. The van der Waals surface area contributed by atoms with E-state index in [0.717, 1.165) is 11.4 Å². The lowest BCUT2D eigenvalue weighted by Crippen LogP contribution is -2.27. The van der Waals surface area contributed by atoms with Gasteiger partial charge in [-0.1, -0.05) is 0 Å². The molecule has 0 amide bonds. The van der Waals surface area contributed by atoms with E-state index >= 15 is 0 Å². The maximum Gasteiger partial charge on any atom is 0.338 e. The van der Waals surface area contributed by atoms with Gasteiger partial charge in [0.15, 0.2) is 0 Å². The summed E-state index contributed by atoms with van der Waals surface area (Å²) in [6.07, 6.45) is 1.60. The Kier molecular flexibility index (Phi) is 5.82. The van der Waals surface area contributed by atoms with Crippen LogP contribution in [0.3, 0.4) is 0 Å². The van der Waals surface area contributed by atoms with E-state index in [9.17, 15) is 9.59 Å². The van der Waals surface area contributed by atoms with Crippen LogP contribution in [-0.2, 0) is 25.6 Å². The molecule has 0 radical (unpaired) electrons. The van der Waals surface area contributed by atoms with Crippen LogP contribution in [0.5, 0.6) is 0 Å². The quantitative estimate of drug-likeness (QED) is 0.655. The molecule has 0 spiro atoms. The van der Waals surface area contributed by atoms with Gasteiger partial charge >= 0.3 is 11.9 Å². The van der Waals surface area contributed by atoms with Gasteiger partial charge in [-0.15, -0.1) is 0 Å². The van der Waals surface area contributed by atoms with Crippen LogP contribution < -0.4 is 0 Å². The number of rotatable bonds is 7. The fourth-order valence-corrected chi connectivity index (χ4v) is 3.06. The van der Waals surface area contributed by atoms with E-state index in [1.165, 1.54) is 0 Å². The molecule has 2 aromatic rings. The lowest BCUT2D eigenvalue weighted by Gasteiger charge is -2.26. The Balaban J connectivity index is 1.47. The molecule has 2 aliphatic rings. The van der Waals surface area contributed by atoms with E-state index in [4.69, 9.17) is 18.9 Å². The molecule has 29 heavy (non-hydrogen) atoms. The highest BCUT2D eigenvalue weighted by Gasteiger charge is 2.25. The Labute approximate surface area is 168 Å². The van der Waals surface area contributed by atoms with E-state index in [1.807, 2.05) is 0 Å². The summed E-state index contributed by atoms with van der Waals surface area (Å²) in [5.74, 6) is -0.541. The summed E-state index contributed by atoms with van der Waals surface area (Å²) in [6.45, 7) is 4.33. The molecule has 0 atom stereocenters. The molecule has 2 fully saturated rings. The van der Waals surface area contributed by atoms with Gasteiger partial charge in [-0.05, 0) is 31.2 Å². The van der Waals surface area contributed by atoms with Crippen molar-refractivity contribution in [2.24, 2.45) is 0 Å². The van der Waals surface area contributed by atoms with Crippen LogP contribution in [-0.4, -0.2) is 54.9 Å². The number of ether oxygens (including phenoxy) is 4. The Hall–Kier alpha value is -2.84. The van der Waals surface area contributed by atoms with Crippen LogP contribution in [0.4, 0.5) is 0 Å². The summed E-state index contributed by atoms with van der Waals surface area (Å²) in [5, 5.41) is 0. The summed E-state index contributed by atoms with van der Waals surface area (Å²) in [6, 6.07) is 6.66. The number of carbonyl (C=O) groups is 2. The first-order valence-corrected chi connectivity index (χ1v) is 9.60. The molecular weight excluding hydrogens is 376 g/mol. The van der Waals surface area contributed by atoms with Crippen LogP contribution in [0, 0.1) is 0 Å². The topological polar surface area (TPSA) is 96.8 Å². The monoisotopic (exact) mass is 398 g/mol. The van der Waals surface area contributed by atoms with E-state index in [-0.39, 0.29) is 25.0 Å². The van der Waals surface area contributed by atoms with Gasteiger partial charge in [0.1, 0.15) is 6.61 Å². The fraction of sp³-hybridized carbons (Fsp3) is 0.429. The van der Waals surface area contributed by atoms with Gasteiger partial charge in [-0.2, -0.15) is 0 Å². The highest BCUT2D eigenvalue weighted by atomic mass is 16.5. The minimum atomic E-state index is -0.467. The number of esters is 2. The molecule has 2 saturated heterocycles. The number of nitrogens with zero attached hydrogens (tertiary/aromatic N) is 2. The predicted molar refractivity (Wildman–Crippen MR) is 101 cm³/mol. The van der Waals surface area contributed by atoms with Gasteiger partial charge < -0.3 is 18.9 Å². The van der Waals surface area contributed by atoms with Crippen molar-refractivity contribution in [1.82, 2.24) is 9.97 Å². The number of hydrogen-bond acceptors (Lipinski definition) is 8. The Morgan fingerprint density at radius 3 is 2.28 bits per heavy atom. The van der Waals surface area contributed by atoms with Crippen LogP contribution in [0.1, 0.15) is 56.6 Å². The summed E-state index contributed by atoms with van der Waals surface area (Å²) < 4.78 is 20.9. The molecule has 8 heteroatoms. The van der Waals surface area contributed by atoms with Crippen LogP contribution in [0.15, 0.2) is 30.5 Å². The molecule has 0 aromatic carbocycles. The lowest BCUT2D eigenvalue weighted by molar-refractivity contribution is 0.00633. The molecule has 8 nitrogen and oxygen atoms in total. The van der Waals surface area contributed by atoms with E-state index < -0.39 is 11.9 Å². The van der Waals surface area contributed by atoms with Gasteiger partial charge in [-0.3, -0.25) is 9.97 Å². The Morgan fingerprint density at radius 2 is 1.62 bits per heavy atom. The minimum absolute atomic E-state index is 0.0448. The van der Waals surface area contributed by atoms with Crippen molar-refractivity contribution in [3.8, 4) is 0 Å². The van der Waals surface area contributed by atoms with Crippen molar-refractivity contribution in [3.63, 3.8) is 0 Å². The minimum Gasteiger partial charge on any atom is -0.462 e. The second kappa shape index (κ2) is 8.67. The average molecular weight is 398 g/mol. The maximum absolute atomic E-state index is 12.5. The van der Waals surface area contributed by atoms with Crippen LogP contribution >= 0.6 is 0 Å². The standard InChI is InChI=1S/C21H22N2O6/c1-2-28-21(25)14-5-17(23-19(7-14)16-10-27-11-16)12-29-20(24)13-3-4-22-18(6-13)15-8-26-9-15/h3-7,15-16H,2,8-12H2,1H3. The molecule has 4 heterocycles. The van der Waals surface area contributed by atoms with Gasteiger partial charge in [0.2, 0.25) is 0 Å². The van der Waals surface area contributed by atoms with E-state index in [0.29, 0.717) is 43.2 Å². The molecule has 0 N–H and O–H groups in total. The molecule has 0 aliphatic carbocycles. The Morgan fingerprint density at radius 1 is 0.966 bits per heavy atom. The first kappa shape index (κ1) is 19.5. The van der Waals surface area contributed by atoms with Crippen molar-refractivity contribution in [3.05, 3.63) is 58.7 Å². The summed E-state index contributed by atoms with van der Waals surface area (Å²) in [7, 11) is 0. The number of hydrogen-bond donors (Lipinski definition) is 0. The zero-order valence-corrected chi connectivity index (χ0v) is 16.1. The number of pyridine rings is 2. The second-order valence-electron chi connectivity index (χ2n) is 7.01. The summed E-state index contributed by atoms with van der Waals surface area (Å²) >= 11 is 0. The molecular formula is C21H22N2O6. The smallest absolute Gasteiger partial charge is 0.338 e. The van der Waals surface area contributed by atoms with Crippen molar-refractivity contribution in [2.45, 2.75) is 25.4 Å². The molecule has 0 saturated carbocycles. The third-order valence-electron chi connectivity index (χ3n) is 4.89. The largest absolute Gasteiger partial charge is 0.462 e. The zero-order valence-electron chi connectivity index (χ0n) is 16.1. The fourth-order valence-electron chi connectivity index (χ4n) is 3.06. The van der Waals surface area contributed by atoms with Gasteiger partial charge in [0, 0.05) is 29.4 Å². The molecule has 0 unspecified atom stereocenters. The normalized spacial score (nSPS) is 16.6. The van der Waals surface area contributed by atoms with Gasteiger partial charge in [-0.25, -0.2) is 9.59 Å². The highest BCUT2D eigenvalue weighted by Crippen LogP contribution is 2.25. The molecule has 0 bridgehead atoms. The van der Waals surface area contributed by atoms with Crippen molar-refractivity contribution < 1.29 is 28.5 Å². The van der Waals surface area contributed by atoms with E-state index in [2.05, 4.69) is 9.97 Å². The molecule has 2 aliphatic heterocycles. The average Bonchev–Trinajstić information content (AvgIpc) is 2.63. The first-order valence-electron chi connectivity index (χ1n) is 9.60. The summed E-state index contributed by atoms with van der Waals surface area (Å²) in [4.78, 5) is 33.5. The van der Waals surface area contributed by atoms with Gasteiger partial charge in [0.05, 0.1) is 49.9 Å². The number of aromatic nitrogens is 2. The maximum atomic E-state index is 12.5.